The second-order valence-corrected chi connectivity index (χ2v) is 2.10. The molecule has 0 spiro atoms. The molecular weight excluding hydrogens is 148 g/mol. The molecule has 0 aliphatic heterocycles. The molecule has 0 saturated heterocycles. The molecule has 0 bridgehead atoms. The van der Waals surface area contributed by atoms with Crippen LogP contribution >= 0.6 is 0 Å². The number of nitrogen functional groups attached to an aromatic ring is 2. The number of nitrogens with two attached hydrogens (primary N) is 2. The minimum Gasteiger partial charge on any atom is -0.503 e. The highest BCUT2D eigenvalue weighted by atomic mass is 16.3. The largest absolute Gasteiger partial charge is 0.503 e. The molecule has 0 aromatic heterocycles. The average Bonchev–Trinajstić information content (AvgIpc) is 1.97. The van der Waals surface area contributed by atoms with Crippen LogP contribution in [0.3, 0.4) is 0 Å². The molecule has 0 amide bonds. The van der Waals surface area contributed by atoms with E-state index in [-0.39, 0.29) is 11.4 Å². The second kappa shape index (κ2) is 2.12. The van der Waals surface area contributed by atoms with Crippen LogP contribution in [-0.4, -0.2) is 15.3 Å². The Balaban J connectivity index is 3.46. The van der Waals surface area contributed by atoms with E-state index in [2.05, 4.69) is 0 Å². The third-order valence-electron chi connectivity index (χ3n) is 1.31. The van der Waals surface area contributed by atoms with E-state index in [9.17, 15) is 0 Å². The quantitative estimate of drug-likeness (QED) is 0.205. The standard InChI is InChI=1S/C6H8N2O3/c7-2-1-3(8)5(10)6(11)4(2)9/h1,9-11H,7-8H2. The molecule has 5 nitrogen and oxygen atoms in total. The third kappa shape index (κ3) is 0.958. The zero-order valence-electron chi connectivity index (χ0n) is 5.57. The highest BCUT2D eigenvalue weighted by Crippen LogP contribution is 2.42. The first-order valence-corrected chi connectivity index (χ1v) is 2.83. The summed E-state index contributed by atoms with van der Waals surface area (Å²) >= 11 is 0. The fourth-order valence-corrected chi connectivity index (χ4v) is 0.690. The molecule has 0 atom stereocenters. The maximum Gasteiger partial charge on any atom is 0.204 e. The Morgan fingerprint density at radius 3 is 1.55 bits per heavy atom. The number of hydrogen-bond acceptors (Lipinski definition) is 5. The molecule has 0 aliphatic carbocycles. The Morgan fingerprint density at radius 1 is 0.818 bits per heavy atom. The normalized spacial score (nSPS) is 9.82. The number of phenols is 3. The van der Waals surface area contributed by atoms with Crippen LogP contribution in [0.1, 0.15) is 0 Å². The molecule has 0 unspecified atom stereocenters. The summed E-state index contributed by atoms with van der Waals surface area (Å²) in [5.41, 5.74) is 10.2. The molecule has 0 saturated carbocycles. The molecule has 11 heavy (non-hydrogen) atoms. The van der Waals surface area contributed by atoms with Crippen molar-refractivity contribution < 1.29 is 15.3 Å². The van der Waals surface area contributed by atoms with Crippen molar-refractivity contribution in [2.75, 3.05) is 11.5 Å². The molecule has 1 rings (SSSR count). The van der Waals surface area contributed by atoms with Crippen molar-refractivity contribution in [2.24, 2.45) is 0 Å². The van der Waals surface area contributed by atoms with E-state index >= 15 is 0 Å². The zero-order chi connectivity index (χ0) is 8.59. The summed E-state index contributed by atoms with van der Waals surface area (Å²) in [5, 5.41) is 26.8. The molecule has 60 valence electrons. The Morgan fingerprint density at radius 2 is 1.18 bits per heavy atom. The highest BCUT2D eigenvalue weighted by molar-refractivity contribution is 5.74. The van der Waals surface area contributed by atoms with Crippen molar-refractivity contribution in [2.45, 2.75) is 0 Å². The summed E-state index contributed by atoms with van der Waals surface area (Å²) in [5.74, 6) is -1.81. The van der Waals surface area contributed by atoms with Gasteiger partial charge in [-0.05, 0) is 6.07 Å². The first-order valence-electron chi connectivity index (χ1n) is 2.83. The maximum absolute atomic E-state index is 8.92. The number of anilines is 2. The van der Waals surface area contributed by atoms with Crippen LogP contribution in [0.2, 0.25) is 0 Å². The minimum absolute atomic E-state index is 0.0715. The van der Waals surface area contributed by atoms with E-state index in [1.165, 1.54) is 0 Å². The fourth-order valence-electron chi connectivity index (χ4n) is 0.690. The van der Waals surface area contributed by atoms with Crippen LogP contribution in [-0.2, 0) is 0 Å². The van der Waals surface area contributed by atoms with Gasteiger partial charge in [-0.1, -0.05) is 0 Å². The molecule has 1 aromatic rings. The van der Waals surface area contributed by atoms with Crippen LogP contribution in [0, 0.1) is 0 Å². The Bertz CT molecular complexity index is 272. The van der Waals surface area contributed by atoms with E-state index in [4.69, 9.17) is 26.8 Å². The maximum atomic E-state index is 8.92. The third-order valence-corrected chi connectivity index (χ3v) is 1.31. The van der Waals surface area contributed by atoms with Gasteiger partial charge in [0, 0.05) is 0 Å². The van der Waals surface area contributed by atoms with Gasteiger partial charge in [0.15, 0.2) is 11.5 Å². The summed E-state index contributed by atoms with van der Waals surface area (Å²) in [6.45, 7) is 0. The summed E-state index contributed by atoms with van der Waals surface area (Å²) in [6.07, 6.45) is 0. The van der Waals surface area contributed by atoms with Crippen molar-refractivity contribution in [3.8, 4) is 17.2 Å². The van der Waals surface area contributed by atoms with Gasteiger partial charge in [0.1, 0.15) is 0 Å². The van der Waals surface area contributed by atoms with Crippen molar-refractivity contribution in [1.82, 2.24) is 0 Å². The summed E-state index contributed by atoms with van der Waals surface area (Å²) in [7, 11) is 0. The van der Waals surface area contributed by atoms with Gasteiger partial charge in [-0.2, -0.15) is 0 Å². The van der Waals surface area contributed by atoms with Gasteiger partial charge in [0.2, 0.25) is 5.75 Å². The molecular formula is C6H8N2O3. The lowest BCUT2D eigenvalue weighted by atomic mass is 10.2. The summed E-state index contributed by atoms with van der Waals surface area (Å²) in [4.78, 5) is 0. The number of phenolic OH excluding ortho intramolecular Hbond substituents is 3. The number of benzene rings is 1. The Hall–Kier alpha value is -1.78. The van der Waals surface area contributed by atoms with Gasteiger partial charge in [-0.3, -0.25) is 0 Å². The predicted molar refractivity (Wildman–Crippen MR) is 40.3 cm³/mol. The van der Waals surface area contributed by atoms with Gasteiger partial charge in [-0.15, -0.1) is 0 Å². The molecule has 1 aromatic carbocycles. The SMILES string of the molecule is Nc1cc(N)c(O)c(O)c1O. The van der Waals surface area contributed by atoms with Crippen molar-refractivity contribution in [3.63, 3.8) is 0 Å². The van der Waals surface area contributed by atoms with Crippen molar-refractivity contribution in [3.05, 3.63) is 6.07 Å². The highest BCUT2D eigenvalue weighted by Gasteiger charge is 2.12. The van der Waals surface area contributed by atoms with E-state index in [0.29, 0.717) is 0 Å². The van der Waals surface area contributed by atoms with Gasteiger partial charge in [0.25, 0.3) is 0 Å². The monoisotopic (exact) mass is 156 g/mol. The predicted octanol–water partition coefficient (Wildman–Crippen LogP) is -0.0322. The van der Waals surface area contributed by atoms with Crippen LogP contribution < -0.4 is 11.5 Å². The summed E-state index contributed by atoms with van der Waals surface area (Å²) < 4.78 is 0. The van der Waals surface area contributed by atoms with Gasteiger partial charge >= 0.3 is 0 Å². The van der Waals surface area contributed by atoms with Crippen LogP contribution in [0.25, 0.3) is 0 Å². The van der Waals surface area contributed by atoms with Crippen LogP contribution in [0.4, 0.5) is 11.4 Å². The van der Waals surface area contributed by atoms with Crippen LogP contribution in [0.15, 0.2) is 6.07 Å². The second-order valence-electron chi connectivity index (χ2n) is 2.10. The lowest BCUT2D eigenvalue weighted by molar-refractivity contribution is 0.370. The zero-order valence-corrected chi connectivity index (χ0v) is 5.57. The van der Waals surface area contributed by atoms with Crippen molar-refractivity contribution >= 4 is 11.4 Å². The Kier molecular flexibility index (Phi) is 1.41. The molecule has 5 heteroatoms. The summed E-state index contributed by atoms with van der Waals surface area (Å²) in [6, 6.07) is 1.16. The molecule has 7 N–H and O–H groups in total. The lowest BCUT2D eigenvalue weighted by Crippen LogP contribution is -1.91. The molecule has 0 heterocycles. The van der Waals surface area contributed by atoms with Gasteiger partial charge < -0.3 is 26.8 Å². The molecule has 0 aliphatic rings. The molecule has 0 radical (unpaired) electrons. The first kappa shape index (κ1) is 7.33. The van der Waals surface area contributed by atoms with Crippen molar-refractivity contribution in [1.29, 1.82) is 0 Å². The minimum atomic E-state index is -0.692. The number of hydrogen-bond donors (Lipinski definition) is 5. The fraction of sp³-hybridized carbons (Fsp3) is 0. The van der Waals surface area contributed by atoms with E-state index in [1.807, 2.05) is 0 Å². The van der Waals surface area contributed by atoms with Gasteiger partial charge in [-0.25, -0.2) is 0 Å². The van der Waals surface area contributed by atoms with E-state index in [0.717, 1.165) is 6.07 Å². The Labute approximate surface area is 62.5 Å². The van der Waals surface area contributed by atoms with Gasteiger partial charge in [0.05, 0.1) is 11.4 Å². The number of rotatable bonds is 0. The average molecular weight is 156 g/mol. The van der Waals surface area contributed by atoms with E-state index in [1.54, 1.807) is 0 Å². The topological polar surface area (TPSA) is 113 Å². The smallest absolute Gasteiger partial charge is 0.204 e. The number of aromatic hydroxyl groups is 3. The van der Waals surface area contributed by atoms with E-state index < -0.39 is 17.2 Å². The lowest BCUT2D eigenvalue weighted by Gasteiger charge is -2.05. The first-order chi connectivity index (χ1) is 5.04. The van der Waals surface area contributed by atoms with Crippen LogP contribution in [0.5, 0.6) is 17.2 Å². The molecule has 0 fully saturated rings.